The molecule has 1 aliphatic rings. The molecule has 0 spiro atoms. The Balaban J connectivity index is 1.73. The standard InChI is InChI=1S/C12H20N6O3/c1-17-4-2-3-9(6-17)14-12(21)13-5-10-7-18(16-15-10)8-11(19)20/h7,9H,2-6,8H2,1H3,(H,19,20)(H2,13,14,21). The highest BCUT2D eigenvalue weighted by atomic mass is 16.4. The number of carbonyl (C=O) groups is 2. The summed E-state index contributed by atoms with van der Waals surface area (Å²) in [6.45, 7) is 1.89. The Hall–Kier alpha value is -2.16. The fraction of sp³-hybridized carbons (Fsp3) is 0.667. The van der Waals surface area contributed by atoms with Gasteiger partial charge in [0.05, 0.1) is 12.7 Å². The van der Waals surface area contributed by atoms with E-state index in [0.29, 0.717) is 5.69 Å². The molecule has 1 aromatic heterocycles. The number of aliphatic carboxylic acids is 1. The second kappa shape index (κ2) is 7.02. The highest BCUT2D eigenvalue weighted by molar-refractivity contribution is 5.74. The van der Waals surface area contributed by atoms with Crippen LogP contribution in [0.3, 0.4) is 0 Å². The van der Waals surface area contributed by atoms with E-state index in [0.717, 1.165) is 25.9 Å². The van der Waals surface area contributed by atoms with Crippen LogP contribution in [0.25, 0.3) is 0 Å². The van der Waals surface area contributed by atoms with Gasteiger partial charge in [-0.05, 0) is 26.4 Å². The minimum absolute atomic E-state index is 0.159. The summed E-state index contributed by atoms with van der Waals surface area (Å²) in [7, 11) is 2.03. The third-order valence-electron chi connectivity index (χ3n) is 3.27. The van der Waals surface area contributed by atoms with Crippen LogP contribution in [0.2, 0.25) is 0 Å². The van der Waals surface area contributed by atoms with E-state index in [1.54, 1.807) is 0 Å². The van der Waals surface area contributed by atoms with Crippen molar-refractivity contribution in [2.45, 2.75) is 32.0 Å². The lowest BCUT2D eigenvalue weighted by atomic mass is 10.1. The molecule has 1 fully saturated rings. The van der Waals surface area contributed by atoms with Gasteiger partial charge in [-0.15, -0.1) is 5.10 Å². The van der Waals surface area contributed by atoms with Crippen molar-refractivity contribution in [1.82, 2.24) is 30.5 Å². The van der Waals surface area contributed by atoms with Crippen LogP contribution in [0.1, 0.15) is 18.5 Å². The Morgan fingerprint density at radius 3 is 3.05 bits per heavy atom. The third-order valence-corrected chi connectivity index (χ3v) is 3.27. The number of urea groups is 1. The van der Waals surface area contributed by atoms with Gasteiger partial charge in [-0.2, -0.15) is 0 Å². The predicted molar refractivity (Wildman–Crippen MR) is 73.5 cm³/mol. The summed E-state index contributed by atoms with van der Waals surface area (Å²) >= 11 is 0. The maximum atomic E-state index is 11.8. The second-order valence-electron chi connectivity index (χ2n) is 5.23. The topological polar surface area (TPSA) is 112 Å². The summed E-state index contributed by atoms with van der Waals surface area (Å²) in [6.07, 6.45) is 3.56. The number of amides is 2. The van der Waals surface area contributed by atoms with Crippen LogP contribution >= 0.6 is 0 Å². The molecule has 2 heterocycles. The average Bonchev–Trinajstić information content (AvgIpc) is 2.83. The Morgan fingerprint density at radius 2 is 2.33 bits per heavy atom. The summed E-state index contributed by atoms with van der Waals surface area (Å²) in [4.78, 5) is 24.5. The first-order valence-electron chi connectivity index (χ1n) is 6.86. The van der Waals surface area contributed by atoms with Gasteiger partial charge in [-0.25, -0.2) is 9.48 Å². The highest BCUT2D eigenvalue weighted by Gasteiger charge is 2.18. The fourth-order valence-corrected chi connectivity index (χ4v) is 2.33. The monoisotopic (exact) mass is 296 g/mol. The van der Waals surface area contributed by atoms with Gasteiger partial charge in [0, 0.05) is 12.6 Å². The Labute approximate surface area is 122 Å². The van der Waals surface area contributed by atoms with Crippen LogP contribution in [0.15, 0.2) is 6.20 Å². The van der Waals surface area contributed by atoms with Crippen molar-refractivity contribution in [2.75, 3.05) is 20.1 Å². The summed E-state index contributed by atoms with van der Waals surface area (Å²) < 4.78 is 1.22. The van der Waals surface area contributed by atoms with E-state index in [2.05, 4.69) is 25.8 Å². The van der Waals surface area contributed by atoms with Crippen LogP contribution in [-0.4, -0.2) is 63.2 Å². The second-order valence-corrected chi connectivity index (χ2v) is 5.23. The molecule has 1 aliphatic heterocycles. The molecule has 2 amide bonds. The van der Waals surface area contributed by atoms with Gasteiger partial charge in [0.1, 0.15) is 12.2 Å². The molecule has 0 radical (unpaired) electrons. The number of carbonyl (C=O) groups excluding carboxylic acids is 1. The summed E-state index contributed by atoms with van der Waals surface area (Å²) in [6, 6.07) is -0.0884. The van der Waals surface area contributed by atoms with Crippen LogP contribution in [0, 0.1) is 0 Å². The number of aromatic nitrogens is 3. The van der Waals surface area contributed by atoms with Crippen LogP contribution in [0.5, 0.6) is 0 Å². The number of hydrogen-bond acceptors (Lipinski definition) is 5. The molecule has 0 bridgehead atoms. The molecule has 1 atom stereocenters. The van der Waals surface area contributed by atoms with Crippen LogP contribution < -0.4 is 10.6 Å². The molecule has 0 saturated carbocycles. The van der Waals surface area contributed by atoms with Gasteiger partial charge < -0.3 is 20.6 Å². The Morgan fingerprint density at radius 1 is 1.52 bits per heavy atom. The lowest BCUT2D eigenvalue weighted by molar-refractivity contribution is -0.137. The van der Waals surface area contributed by atoms with E-state index in [4.69, 9.17) is 5.11 Å². The van der Waals surface area contributed by atoms with Crippen molar-refractivity contribution in [1.29, 1.82) is 0 Å². The molecular formula is C12H20N6O3. The maximum absolute atomic E-state index is 11.8. The zero-order valence-electron chi connectivity index (χ0n) is 11.9. The minimum atomic E-state index is -0.987. The van der Waals surface area contributed by atoms with Crippen molar-refractivity contribution < 1.29 is 14.7 Å². The number of likely N-dealkylation sites (N-methyl/N-ethyl adjacent to an activating group) is 1. The number of nitrogens with zero attached hydrogens (tertiary/aromatic N) is 4. The zero-order valence-corrected chi connectivity index (χ0v) is 11.9. The van der Waals surface area contributed by atoms with E-state index in [1.165, 1.54) is 10.9 Å². The van der Waals surface area contributed by atoms with Gasteiger partial charge in [0.25, 0.3) is 0 Å². The molecule has 9 nitrogen and oxygen atoms in total. The number of carboxylic acids is 1. The molecule has 2 rings (SSSR count). The summed E-state index contributed by atoms with van der Waals surface area (Å²) in [5, 5.41) is 21.7. The van der Waals surface area contributed by atoms with E-state index < -0.39 is 5.97 Å². The number of nitrogens with one attached hydrogen (secondary N) is 2. The number of rotatable bonds is 5. The van der Waals surface area contributed by atoms with Crippen molar-refractivity contribution in [2.24, 2.45) is 0 Å². The van der Waals surface area contributed by atoms with E-state index in [-0.39, 0.29) is 25.2 Å². The highest BCUT2D eigenvalue weighted by Crippen LogP contribution is 2.07. The lowest BCUT2D eigenvalue weighted by Crippen LogP contribution is -2.49. The largest absolute Gasteiger partial charge is 0.480 e. The van der Waals surface area contributed by atoms with Gasteiger partial charge in [-0.1, -0.05) is 5.21 Å². The molecule has 9 heteroatoms. The Kier molecular flexibility index (Phi) is 5.09. The molecule has 3 N–H and O–H groups in total. The van der Waals surface area contributed by atoms with E-state index in [1.807, 2.05) is 7.05 Å². The number of carboxylic acid groups (broad SMARTS) is 1. The normalized spacial score (nSPS) is 19.2. The molecule has 0 aliphatic carbocycles. The predicted octanol–water partition coefficient (Wildman–Crippen LogP) is -0.744. The van der Waals surface area contributed by atoms with Crippen LogP contribution in [-0.2, 0) is 17.9 Å². The number of piperidine rings is 1. The quantitative estimate of drug-likeness (QED) is 0.659. The van der Waals surface area contributed by atoms with E-state index in [9.17, 15) is 9.59 Å². The maximum Gasteiger partial charge on any atom is 0.325 e. The molecule has 1 saturated heterocycles. The van der Waals surface area contributed by atoms with Crippen molar-refractivity contribution >= 4 is 12.0 Å². The molecule has 1 unspecified atom stereocenters. The average molecular weight is 296 g/mol. The van der Waals surface area contributed by atoms with Gasteiger partial charge in [-0.3, -0.25) is 4.79 Å². The molecule has 1 aromatic rings. The first kappa shape index (κ1) is 15.2. The van der Waals surface area contributed by atoms with Gasteiger partial charge >= 0.3 is 12.0 Å². The number of hydrogen-bond donors (Lipinski definition) is 3. The molecular weight excluding hydrogens is 276 g/mol. The first-order chi connectivity index (χ1) is 10.0. The number of likely N-dealkylation sites (tertiary alicyclic amines) is 1. The zero-order chi connectivity index (χ0) is 15.2. The fourth-order valence-electron chi connectivity index (χ4n) is 2.33. The molecule has 116 valence electrons. The summed E-state index contributed by atoms with van der Waals surface area (Å²) in [5.74, 6) is -0.987. The van der Waals surface area contributed by atoms with Gasteiger partial charge in [0.15, 0.2) is 0 Å². The molecule has 0 aromatic carbocycles. The van der Waals surface area contributed by atoms with Crippen LogP contribution in [0.4, 0.5) is 4.79 Å². The first-order valence-corrected chi connectivity index (χ1v) is 6.86. The van der Waals surface area contributed by atoms with Gasteiger partial charge in [0.2, 0.25) is 0 Å². The lowest BCUT2D eigenvalue weighted by Gasteiger charge is -2.30. The molecule has 21 heavy (non-hydrogen) atoms. The van der Waals surface area contributed by atoms with Crippen molar-refractivity contribution in [3.63, 3.8) is 0 Å². The smallest absolute Gasteiger partial charge is 0.325 e. The third kappa shape index (κ3) is 5.03. The van der Waals surface area contributed by atoms with E-state index >= 15 is 0 Å². The van der Waals surface area contributed by atoms with Crippen molar-refractivity contribution in [3.05, 3.63) is 11.9 Å². The summed E-state index contributed by atoms with van der Waals surface area (Å²) in [5.41, 5.74) is 0.521. The minimum Gasteiger partial charge on any atom is -0.480 e. The van der Waals surface area contributed by atoms with Crippen molar-refractivity contribution in [3.8, 4) is 0 Å². The SMILES string of the molecule is CN1CCCC(NC(=O)NCc2cn(CC(=O)O)nn2)C1. The Bertz CT molecular complexity index is 503.